The van der Waals surface area contributed by atoms with Crippen molar-refractivity contribution in [3.8, 4) is 0 Å². The van der Waals surface area contributed by atoms with Crippen molar-refractivity contribution >= 4 is 16.9 Å². The summed E-state index contributed by atoms with van der Waals surface area (Å²) in [5.74, 6) is 0.442. The normalized spacial score (nSPS) is 14.3. The van der Waals surface area contributed by atoms with E-state index in [4.69, 9.17) is 0 Å². The molecule has 0 spiro atoms. The monoisotopic (exact) mass is 482 g/mol. The molecule has 0 saturated carbocycles. The third-order valence-electron chi connectivity index (χ3n) is 7.08. The first-order valence-electron chi connectivity index (χ1n) is 12.5. The molecule has 7 nitrogen and oxygen atoms in total. The molecule has 4 aromatic rings. The van der Waals surface area contributed by atoms with E-state index in [2.05, 4.69) is 29.2 Å². The fraction of sp³-hybridized carbons (Fsp3) is 0.310. The lowest BCUT2D eigenvalue weighted by Crippen LogP contribution is -2.45. The number of carbonyl (C=O) groups is 1. The standard InChI is InChI=1S/C29H30N4O3/c34-26(31-17-13-24(14-18-31)20-23-10-5-2-6-11-23)21-33-25-12-7-16-30-27(25)28(35)32(29(33)36)19-15-22-8-3-1-4-9-22/h1-12,16,24H,13-15,17-21H2. The maximum atomic E-state index is 13.4. The maximum Gasteiger partial charge on any atom is 0.332 e. The van der Waals surface area contributed by atoms with Gasteiger partial charge in [-0.25, -0.2) is 9.78 Å². The molecule has 5 rings (SSSR count). The Labute approximate surface area is 209 Å². The summed E-state index contributed by atoms with van der Waals surface area (Å²) in [7, 11) is 0. The van der Waals surface area contributed by atoms with Gasteiger partial charge in [-0.2, -0.15) is 0 Å². The van der Waals surface area contributed by atoms with Crippen molar-refractivity contribution in [2.45, 2.75) is 38.8 Å². The lowest BCUT2D eigenvalue weighted by atomic mass is 9.90. The van der Waals surface area contributed by atoms with Crippen molar-refractivity contribution in [3.63, 3.8) is 0 Å². The minimum atomic E-state index is -0.469. The molecular formula is C29H30N4O3. The van der Waals surface area contributed by atoms with Gasteiger partial charge >= 0.3 is 5.69 Å². The molecule has 184 valence electrons. The molecule has 0 radical (unpaired) electrons. The summed E-state index contributed by atoms with van der Waals surface area (Å²) in [6.07, 6.45) is 4.98. The predicted molar refractivity (Wildman–Crippen MR) is 140 cm³/mol. The van der Waals surface area contributed by atoms with Gasteiger partial charge in [-0.15, -0.1) is 0 Å². The Morgan fingerprint density at radius 1 is 0.833 bits per heavy atom. The molecule has 1 amide bonds. The van der Waals surface area contributed by atoms with Crippen molar-refractivity contribution in [1.29, 1.82) is 0 Å². The number of hydrogen-bond donors (Lipinski definition) is 0. The molecule has 2 aromatic heterocycles. The first kappa shape index (κ1) is 23.7. The lowest BCUT2D eigenvalue weighted by molar-refractivity contribution is -0.133. The van der Waals surface area contributed by atoms with E-state index in [0.29, 0.717) is 30.9 Å². The molecule has 1 aliphatic heterocycles. The molecule has 7 heteroatoms. The quantitative estimate of drug-likeness (QED) is 0.405. The molecule has 0 N–H and O–H groups in total. The van der Waals surface area contributed by atoms with E-state index in [1.807, 2.05) is 41.3 Å². The Morgan fingerprint density at radius 3 is 2.19 bits per heavy atom. The molecule has 1 saturated heterocycles. The minimum Gasteiger partial charge on any atom is -0.341 e. The maximum absolute atomic E-state index is 13.4. The predicted octanol–water partition coefficient (Wildman–Crippen LogP) is 3.28. The van der Waals surface area contributed by atoms with Gasteiger partial charge in [-0.05, 0) is 54.9 Å². The van der Waals surface area contributed by atoms with Gasteiger partial charge in [0, 0.05) is 25.8 Å². The lowest BCUT2D eigenvalue weighted by Gasteiger charge is -2.32. The number of nitrogens with zero attached hydrogens (tertiary/aromatic N) is 4. The molecule has 0 aliphatic carbocycles. The summed E-state index contributed by atoms with van der Waals surface area (Å²) in [5, 5.41) is 0. The second-order valence-electron chi connectivity index (χ2n) is 9.45. The number of benzene rings is 2. The van der Waals surface area contributed by atoms with Crippen LogP contribution in [-0.4, -0.2) is 38.0 Å². The van der Waals surface area contributed by atoms with E-state index in [1.54, 1.807) is 18.3 Å². The van der Waals surface area contributed by atoms with E-state index in [-0.39, 0.29) is 24.5 Å². The van der Waals surface area contributed by atoms with Crippen molar-refractivity contribution in [2.24, 2.45) is 5.92 Å². The van der Waals surface area contributed by atoms with Crippen LogP contribution in [0.25, 0.3) is 11.0 Å². The van der Waals surface area contributed by atoms with Crippen LogP contribution in [0.1, 0.15) is 24.0 Å². The summed E-state index contributed by atoms with van der Waals surface area (Å²) >= 11 is 0. The Morgan fingerprint density at radius 2 is 1.50 bits per heavy atom. The van der Waals surface area contributed by atoms with Crippen LogP contribution in [0, 0.1) is 5.92 Å². The Bertz CT molecular complexity index is 1450. The van der Waals surface area contributed by atoms with E-state index < -0.39 is 11.2 Å². The van der Waals surface area contributed by atoms with Crippen molar-refractivity contribution in [3.05, 3.63) is 111 Å². The average molecular weight is 483 g/mol. The topological polar surface area (TPSA) is 77.2 Å². The van der Waals surface area contributed by atoms with E-state index >= 15 is 0 Å². The van der Waals surface area contributed by atoms with Gasteiger partial charge < -0.3 is 4.90 Å². The first-order valence-corrected chi connectivity index (χ1v) is 12.5. The fourth-order valence-electron chi connectivity index (χ4n) is 5.05. The number of rotatable bonds is 7. The number of hydrogen-bond acceptors (Lipinski definition) is 4. The Balaban J connectivity index is 1.33. The molecule has 0 bridgehead atoms. The van der Waals surface area contributed by atoms with Crippen LogP contribution in [0.4, 0.5) is 0 Å². The van der Waals surface area contributed by atoms with E-state index in [9.17, 15) is 14.4 Å². The molecule has 3 heterocycles. The minimum absolute atomic E-state index is 0.101. The molecule has 1 fully saturated rings. The highest BCUT2D eigenvalue weighted by molar-refractivity contribution is 5.79. The Kier molecular flexibility index (Phi) is 7.07. The van der Waals surface area contributed by atoms with Crippen LogP contribution in [-0.2, 0) is 30.7 Å². The van der Waals surface area contributed by atoms with Crippen LogP contribution in [0.5, 0.6) is 0 Å². The first-order chi connectivity index (χ1) is 17.6. The number of carbonyl (C=O) groups excluding carboxylic acids is 1. The summed E-state index contributed by atoms with van der Waals surface area (Å²) in [4.78, 5) is 45.9. The Hall–Kier alpha value is -4.00. The third kappa shape index (κ3) is 5.15. The van der Waals surface area contributed by atoms with Crippen molar-refractivity contribution in [1.82, 2.24) is 19.0 Å². The number of piperidine rings is 1. The smallest absolute Gasteiger partial charge is 0.332 e. The SMILES string of the molecule is O=C(Cn1c(=O)n(CCc2ccccc2)c(=O)c2ncccc21)N1CCC(Cc2ccccc2)CC1. The number of pyridine rings is 1. The number of fused-ring (bicyclic) bond motifs is 1. The van der Waals surface area contributed by atoms with Gasteiger partial charge in [0.05, 0.1) is 5.52 Å². The zero-order valence-corrected chi connectivity index (χ0v) is 20.3. The number of aryl methyl sites for hydroxylation is 1. The fourth-order valence-corrected chi connectivity index (χ4v) is 5.05. The highest BCUT2D eigenvalue weighted by atomic mass is 16.2. The van der Waals surface area contributed by atoms with Gasteiger partial charge in [0.15, 0.2) is 5.52 Å². The van der Waals surface area contributed by atoms with Gasteiger partial charge in [0.1, 0.15) is 6.54 Å². The largest absolute Gasteiger partial charge is 0.341 e. The number of aromatic nitrogens is 3. The molecular weight excluding hydrogens is 452 g/mol. The summed E-state index contributed by atoms with van der Waals surface area (Å²) in [6, 6.07) is 23.5. The molecule has 1 aliphatic rings. The second-order valence-corrected chi connectivity index (χ2v) is 9.45. The summed E-state index contributed by atoms with van der Waals surface area (Å²) < 4.78 is 2.62. The summed E-state index contributed by atoms with van der Waals surface area (Å²) in [5.41, 5.74) is 2.08. The van der Waals surface area contributed by atoms with Crippen LogP contribution in [0.3, 0.4) is 0 Å². The van der Waals surface area contributed by atoms with Gasteiger partial charge in [0.2, 0.25) is 5.91 Å². The van der Waals surface area contributed by atoms with E-state index in [0.717, 1.165) is 24.8 Å². The van der Waals surface area contributed by atoms with Crippen LogP contribution in [0.2, 0.25) is 0 Å². The van der Waals surface area contributed by atoms with Gasteiger partial charge in [0.25, 0.3) is 5.56 Å². The van der Waals surface area contributed by atoms with Crippen molar-refractivity contribution < 1.29 is 4.79 Å². The molecule has 2 aromatic carbocycles. The number of likely N-dealkylation sites (tertiary alicyclic amines) is 1. The summed E-state index contributed by atoms with van der Waals surface area (Å²) in [6.45, 7) is 1.48. The molecule has 36 heavy (non-hydrogen) atoms. The highest BCUT2D eigenvalue weighted by Crippen LogP contribution is 2.22. The second kappa shape index (κ2) is 10.7. The van der Waals surface area contributed by atoms with E-state index in [1.165, 1.54) is 14.7 Å². The third-order valence-corrected chi connectivity index (χ3v) is 7.08. The zero-order valence-electron chi connectivity index (χ0n) is 20.3. The zero-order chi connectivity index (χ0) is 24.9. The molecule has 0 atom stereocenters. The highest BCUT2D eigenvalue weighted by Gasteiger charge is 2.24. The van der Waals surface area contributed by atoms with Crippen LogP contribution in [0.15, 0.2) is 88.6 Å². The number of amides is 1. The average Bonchev–Trinajstić information content (AvgIpc) is 2.92. The van der Waals surface area contributed by atoms with Gasteiger partial charge in [-0.1, -0.05) is 60.7 Å². The van der Waals surface area contributed by atoms with Crippen LogP contribution >= 0.6 is 0 Å². The van der Waals surface area contributed by atoms with Gasteiger partial charge in [-0.3, -0.25) is 18.7 Å². The van der Waals surface area contributed by atoms with Crippen molar-refractivity contribution in [2.75, 3.05) is 13.1 Å². The molecule has 0 unspecified atom stereocenters. The van der Waals surface area contributed by atoms with Crippen LogP contribution < -0.4 is 11.2 Å².